The highest BCUT2D eigenvalue weighted by Crippen LogP contribution is 2.27. The van der Waals surface area contributed by atoms with Crippen LogP contribution < -0.4 is 5.32 Å². The fourth-order valence-corrected chi connectivity index (χ4v) is 5.03. The zero-order valence-electron chi connectivity index (χ0n) is 16.9. The van der Waals surface area contributed by atoms with Gasteiger partial charge in [0.15, 0.2) is 0 Å². The maximum atomic E-state index is 12.6. The summed E-state index contributed by atoms with van der Waals surface area (Å²) in [6, 6.07) is 13.8. The lowest BCUT2D eigenvalue weighted by Gasteiger charge is -2.34. The molecule has 2 aromatic carbocycles. The highest BCUT2D eigenvalue weighted by Gasteiger charge is 2.23. The Morgan fingerprint density at radius 2 is 1.77 bits per heavy atom. The van der Waals surface area contributed by atoms with Crippen molar-refractivity contribution in [3.05, 3.63) is 58.6 Å². The molecule has 0 bridgehead atoms. The largest absolute Gasteiger partial charge is 0.339 e. The number of rotatable bonds is 6. The summed E-state index contributed by atoms with van der Waals surface area (Å²) in [5.41, 5.74) is 3.53. The number of aryl methyl sites for hydroxylation is 2. The van der Waals surface area contributed by atoms with E-state index in [0.29, 0.717) is 49.2 Å². The smallest absolute Gasteiger partial charge is 0.238 e. The van der Waals surface area contributed by atoms with Crippen LogP contribution >= 0.6 is 23.4 Å². The van der Waals surface area contributed by atoms with Crippen molar-refractivity contribution in [3.63, 3.8) is 0 Å². The lowest BCUT2D eigenvalue weighted by atomic mass is 10.1. The molecule has 1 aliphatic carbocycles. The Kier molecular flexibility index (Phi) is 6.97. The first-order valence-corrected chi connectivity index (χ1v) is 11.7. The van der Waals surface area contributed by atoms with Gasteiger partial charge in [-0.05, 0) is 54.7 Å². The SMILES string of the molecule is O=C(CN1CCN(C(=O)CSc2ccc3c(c2)CCC3)CC1)Nc1ccccc1Cl. The van der Waals surface area contributed by atoms with Gasteiger partial charge in [-0.15, -0.1) is 11.8 Å². The number of carbonyl (C=O) groups excluding carboxylic acids is 2. The van der Waals surface area contributed by atoms with Gasteiger partial charge in [0.1, 0.15) is 0 Å². The Morgan fingerprint density at radius 3 is 2.57 bits per heavy atom. The van der Waals surface area contributed by atoms with Crippen LogP contribution in [0.5, 0.6) is 0 Å². The third-order valence-electron chi connectivity index (χ3n) is 5.67. The maximum absolute atomic E-state index is 12.6. The number of nitrogens with one attached hydrogen (secondary N) is 1. The molecular formula is C23H26ClN3O2S. The van der Waals surface area contributed by atoms with E-state index in [9.17, 15) is 9.59 Å². The molecule has 0 radical (unpaired) electrons. The van der Waals surface area contributed by atoms with E-state index >= 15 is 0 Å². The van der Waals surface area contributed by atoms with Crippen LogP contribution in [0.25, 0.3) is 0 Å². The molecule has 158 valence electrons. The van der Waals surface area contributed by atoms with Crippen molar-refractivity contribution in [2.24, 2.45) is 0 Å². The normalized spacial score (nSPS) is 16.4. The lowest BCUT2D eigenvalue weighted by Crippen LogP contribution is -2.50. The summed E-state index contributed by atoms with van der Waals surface area (Å²) < 4.78 is 0. The van der Waals surface area contributed by atoms with Gasteiger partial charge >= 0.3 is 0 Å². The van der Waals surface area contributed by atoms with Crippen LogP contribution in [0, 0.1) is 0 Å². The van der Waals surface area contributed by atoms with E-state index in [0.717, 1.165) is 6.42 Å². The molecule has 1 heterocycles. The summed E-state index contributed by atoms with van der Waals surface area (Å²) in [5, 5.41) is 3.38. The van der Waals surface area contributed by atoms with Crippen molar-refractivity contribution in [2.45, 2.75) is 24.2 Å². The summed E-state index contributed by atoms with van der Waals surface area (Å²) in [6.45, 7) is 3.01. The number of hydrogen-bond donors (Lipinski definition) is 1. The minimum absolute atomic E-state index is 0.0879. The molecule has 7 heteroatoms. The first kappa shape index (κ1) is 21.2. The van der Waals surface area contributed by atoms with Crippen molar-refractivity contribution >= 4 is 40.9 Å². The van der Waals surface area contributed by atoms with Crippen LogP contribution in [-0.2, 0) is 22.4 Å². The molecule has 0 saturated carbocycles. The molecule has 2 amide bonds. The predicted molar refractivity (Wildman–Crippen MR) is 122 cm³/mol. The molecule has 4 rings (SSSR count). The number of halogens is 1. The molecule has 0 spiro atoms. The Hall–Kier alpha value is -2.02. The summed E-state index contributed by atoms with van der Waals surface area (Å²) in [7, 11) is 0. The number of hydrogen-bond acceptors (Lipinski definition) is 4. The van der Waals surface area contributed by atoms with Gasteiger partial charge in [-0.2, -0.15) is 0 Å². The van der Waals surface area contributed by atoms with Gasteiger partial charge in [-0.25, -0.2) is 0 Å². The third-order valence-corrected chi connectivity index (χ3v) is 6.98. The van der Waals surface area contributed by atoms with Crippen molar-refractivity contribution in [1.82, 2.24) is 9.80 Å². The van der Waals surface area contributed by atoms with Crippen LogP contribution in [-0.4, -0.2) is 60.1 Å². The average molecular weight is 444 g/mol. The Labute approximate surface area is 186 Å². The number of anilines is 1. The molecule has 1 aliphatic heterocycles. The number of amides is 2. The topological polar surface area (TPSA) is 52.7 Å². The number of carbonyl (C=O) groups is 2. The van der Waals surface area contributed by atoms with E-state index in [1.54, 1.807) is 23.9 Å². The second-order valence-electron chi connectivity index (χ2n) is 7.76. The number of benzene rings is 2. The molecule has 1 N–H and O–H groups in total. The molecule has 1 fully saturated rings. The van der Waals surface area contributed by atoms with Crippen LogP contribution in [0.15, 0.2) is 47.4 Å². The number of piperazine rings is 1. The van der Waals surface area contributed by atoms with Crippen molar-refractivity contribution in [3.8, 4) is 0 Å². The van der Waals surface area contributed by atoms with Crippen molar-refractivity contribution in [2.75, 3.05) is 43.8 Å². The lowest BCUT2D eigenvalue weighted by molar-refractivity contribution is -0.130. The number of thioether (sulfide) groups is 1. The van der Waals surface area contributed by atoms with Crippen LogP contribution in [0.3, 0.4) is 0 Å². The van der Waals surface area contributed by atoms with E-state index in [1.807, 2.05) is 17.0 Å². The number of fused-ring (bicyclic) bond motifs is 1. The molecule has 1 saturated heterocycles. The monoisotopic (exact) mass is 443 g/mol. The quantitative estimate of drug-likeness (QED) is 0.691. The highest BCUT2D eigenvalue weighted by molar-refractivity contribution is 8.00. The summed E-state index contributed by atoms with van der Waals surface area (Å²) in [5.74, 6) is 0.543. The fourth-order valence-electron chi connectivity index (χ4n) is 3.99. The molecule has 0 aromatic heterocycles. The van der Waals surface area contributed by atoms with Gasteiger partial charge < -0.3 is 10.2 Å². The van der Waals surface area contributed by atoms with E-state index in [1.165, 1.54) is 28.9 Å². The van der Waals surface area contributed by atoms with E-state index in [4.69, 9.17) is 11.6 Å². The van der Waals surface area contributed by atoms with Crippen molar-refractivity contribution in [1.29, 1.82) is 0 Å². The molecular weight excluding hydrogens is 418 g/mol. The first-order valence-electron chi connectivity index (χ1n) is 10.4. The summed E-state index contributed by atoms with van der Waals surface area (Å²) in [6.07, 6.45) is 3.58. The number of para-hydroxylation sites is 1. The Bertz CT molecular complexity index is 928. The molecule has 2 aliphatic rings. The first-order chi connectivity index (χ1) is 14.6. The van der Waals surface area contributed by atoms with Gasteiger partial charge in [0.2, 0.25) is 11.8 Å². The molecule has 2 aromatic rings. The Morgan fingerprint density at radius 1 is 1.00 bits per heavy atom. The average Bonchev–Trinajstić information content (AvgIpc) is 3.22. The van der Waals surface area contributed by atoms with Gasteiger partial charge in [-0.3, -0.25) is 14.5 Å². The standard InChI is InChI=1S/C23H26ClN3O2S/c24-20-6-1-2-7-21(20)25-22(28)15-26-10-12-27(13-11-26)23(29)16-30-19-9-8-17-4-3-5-18(17)14-19/h1-2,6-9,14H,3-5,10-13,15-16H2,(H,25,28). The maximum Gasteiger partial charge on any atom is 0.238 e. The Balaban J connectivity index is 1.20. The molecule has 0 unspecified atom stereocenters. The fraction of sp³-hybridized carbons (Fsp3) is 0.391. The van der Waals surface area contributed by atoms with Gasteiger partial charge in [0.25, 0.3) is 0 Å². The van der Waals surface area contributed by atoms with Crippen LogP contribution in [0.2, 0.25) is 5.02 Å². The second-order valence-corrected chi connectivity index (χ2v) is 9.21. The molecule has 30 heavy (non-hydrogen) atoms. The summed E-state index contributed by atoms with van der Waals surface area (Å²) in [4.78, 5) is 30.1. The van der Waals surface area contributed by atoms with Crippen molar-refractivity contribution < 1.29 is 9.59 Å². The van der Waals surface area contributed by atoms with E-state index in [-0.39, 0.29) is 11.8 Å². The van der Waals surface area contributed by atoms with Crippen LogP contribution in [0.4, 0.5) is 5.69 Å². The number of nitrogens with zero attached hydrogens (tertiary/aromatic N) is 2. The highest BCUT2D eigenvalue weighted by atomic mass is 35.5. The van der Waals surface area contributed by atoms with E-state index in [2.05, 4.69) is 28.4 Å². The zero-order valence-corrected chi connectivity index (χ0v) is 18.5. The predicted octanol–water partition coefficient (Wildman–Crippen LogP) is 3.70. The van der Waals surface area contributed by atoms with Gasteiger partial charge in [-0.1, -0.05) is 29.8 Å². The van der Waals surface area contributed by atoms with Gasteiger partial charge in [0.05, 0.1) is 23.0 Å². The minimum Gasteiger partial charge on any atom is -0.339 e. The second kappa shape index (κ2) is 9.86. The zero-order chi connectivity index (χ0) is 20.9. The van der Waals surface area contributed by atoms with Gasteiger partial charge in [0, 0.05) is 31.1 Å². The molecule has 5 nitrogen and oxygen atoms in total. The minimum atomic E-state index is -0.0879. The summed E-state index contributed by atoms with van der Waals surface area (Å²) >= 11 is 7.71. The van der Waals surface area contributed by atoms with Crippen LogP contribution in [0.1, 0.15) is 17.5 Å². The molecule has 0 atom stereocenters. The third kappa shape index (κ3) is 5.36. The van der Waals surface area contributed by atoms with E-state index < -0.39 is 0 Å².